The molecule has 2 rings (SSSR count). The van der Waals surface area contributed by atoms with Gasteiger partial charge in [0.15, 0.2) is 0 Å². The number of rotatable bonds is 11. The molecule has 0 heterocycles. The van der Waals surface area contributed by atoms with Gasteiger partial charge >= 0.3 is 11.9 Å². The molecule has 0 amide bonds. The number of hydrogen-bond donors (Lipinski definition) is 0. The predicted molar refractivity (Wildman–Crippen MR) is 101 cm³/mol. The van der Waals surface area contributed by atoms with Crippen molar-refractivity contribution in [1.29, 1.82) is 0 Å². The molecule has 138 valence electrons. The minimum atomic E-state index is -0.249. The summed E-state index contributed by atoms with van der Waals surface area (Å²) in [6.45, 7) is 0.239. The van der Waals surface area contributed by atoms with Crippen molar-refractivity contribution < 1.29 is 19.1 Å². The first-order chi connectivity index (χ1) is 12.7. The molecule has 0 spiro atoms. The van der Waals surface area contributed by atoms with Crippen LogP contribution in [0.25, 0.3) is 0 Å². The Labute approximate surface area is 155 Å². The standard InChI is InChI=1S/C22H26O4/c23-21(15-7-13-19-9-3-1-4-10-19)25-17-18-26-22(24)16-8-14-20-11-5-2-6-12-20/h1-6,9-12H,7-8,13-18H2. The van der Waals surface area contributed by atoms with Crippen molar-refractivity contribution in [3.05, 3.63) is 71.8 Å². The van der Waals surface area contributed by atoms with Gasteiger partial charge in [0, 0.05) is 12.8 Å². The van der Waals surface area contributed by atoms with Crippen molar-refractivity contribution in [1.82, 2.24) is 0 Å². The fraction of sp³-hybridized carbons (Fsp3) is 0.364. The molecule has 0 aliphatic heterocycles. The van der Waals surface area contributed by atoms with Crippen LogP contribution in [-0.2, 0) is 31.9 Å². The molecule has 0 aliphatic rings. The van der Waals surface area contributed by atoms with Crippen LogP contribution in [0.4, 0.5) is 0 Å². The van der Waals surface area contributed by atoms with Crippen molar-refractivity contribution in [2.75, 3.05) is 13.2 Å². The molecule has 4 nitrogen and oxygen atoms in total. The summed E-state index contributed by atoms with van der Waals surface area (Å²) in [6, 6.07) is 20.1. The number of aryl methyl sites for hydroxylation is 2. The number of carbonyl (C=O) groups excluding carboxylic acids is 2. The SMILES string of the molecule is O=C(CCCc1ccccc1)OCCOC(=O)CCCc1ccccc1. The zero-order chi connectivity index (χ0) is 18.5. The van der Waals surface area contributed by atoms with Gasteiger partial charge in [-0.3, -0.25) is 9.59 Å². The number of hydrogen-bond acceptors (Lipinski definition) is 4. The van der Waals surface area contributed by atoms with Crippen LogP contribution in [0.15, 0.2) is 60.7 Å². The molecule has 0 fully saturated rings. The molecule has 0 saturated carbocycles. The molecule has 0 bridgehead atoms. The summed E-state index contributed by atoms with van der Waals surface area (Å²) in [5.74, 6) is -0.498. The van der Waals surface area contributed by atoms with E-state index >= 15 is 0 Å². The fourth-order valence-corrected chi connectivity index (χ4v) is 2.62. The molecule has 0 atom stereocenters. The molecule has 0 saturated heterocycles. The molecule has 4 heteroatoms. The summed E-state index contributed by atoms with van der Waals surface area (Å²) in [5.41, 5.74) is 2.43. The minimum absolute atomic E-state index is 0.120. The van der Waals surface area contributed by atoms with Gasteiger partial charge in [0.2, 0.25) is 0 Å². The molecule has 0 aliphatic carbocycles. The number of benzene rings is 2. The Morgan fingerprint density at radius 2 is 1.00 bits per heavy atom. The van der Waals surface area contributed by atoms with Gasteiger partial charge in [0.25, 0.3) is 0 Å². The van der Waals surface area contributed by atoms with E-state index in [2.05, 4.69) is 0 Å². The van der Waals surface area contributed by atoms with Crippen LogP contribution in [0.2, 0.25) is 0 Å². The molecule has 2 aromatic rings. The summed E-state index contributed by atoms with van der Waals surface area (Å²) in [5, 5.41) is 0. The van der Waals surface area contributed by atoms with Gasteiger partial charge in [-0.1, -0.05) is 60.7 Å². The first-order valence-electron chi connectivity index (χ1n) is 9.13. The van der Waals surface area contributed by atoms with Gasteiger partial charge in [-0.05, 0) is 36.8 Å². The van der Waals surface area contributed by atoms with Crippen molar-refractivity contribution in [3.8, 4) is 0 Å². The quantitative estimate of drug-likeness (QED) is 0.450. The second-order valence-corrected chi connectivity index (χ2v) is 6.12. The highest BCUT2D eigenvalue weighted by atomic mass is 16.6. The largest absolute Gasteiger partial charge is 0.462 e. The Morgan fingerprint density at radius 1 is 0.615 bits per heavy atom. The van der Waals surface area contributed by atoms with Gasteiger partial charge in [0.05, 0.1) is 0 Å². The smallest absolute Gasteiger partial charge is 0.305 e. The molecule has 0 aromatic heterocycles. The Kier molecular flexibility index (Phi) is 8.98. The summed E-state index contributed by atoms with van der Waals surface area (Å²) in [4.78, 5) is 23.3. The maximum atomic E-state index is 11.6. The molecular formula is C22H26O4. The van der Waals surface area contributed by atoms with Crippen LogP contribution >= 0.6 is 0 Å². The Hall–Kier alpha value is -2.62. The van der Waals surface area contributed by atoms with Gasteiger partial charge in [-0.15, -0.1) is 0 Å². The van der Waals surface area contributed by atoms with Gasteiger partial charge in [-0.25, -0.2) is 0 Å². The van der Waals surface area contributed by atoms with Crippen LogP contribution in [0.5, 0.6) is 0 Å². The minimum Gasteiger partial charge on any atom is -0.462 e. The van der Waals surface area contributed by atoms with Crippen LogP contribution < -0.4 is 0 Å². The first-order valence-corrected chi connectivity index (χ1v) is 9.13. The summed E-state index contributed by atoms with van der Waals surface area (Å²) in [6.07, 6.45) is 3.96. The maximum Gasteiger partial charge on any atom is 0.305 e. The molecule has 0 radical (unpaired) electrons. The third-order valence-electron chi connectivity index (χ3n) is 3.99. The van der Waals surface area contributed by atoms with Crippen molar-refractivity contribution in [2.24, 2.45) is 0 Å². The van der Waals surface area contributed by atoms with Crippen LogP contribution in [0.1, 0.15) is 36.8 Å². The second kappa shape index (κ2) is 11.9. The van der Waals surface area contributed by atoms with Crippen LogP contribution in [-0.4, -0.2) is 25.2 Å². The summed E-state index contributed by atoms with van der Waals surface area (Å²) in [7, 11) is 0. The highest BCUT2D eigenvalue weighted by molar-refractivity contribution is 5.70. The van der Waals surface area contributed by atoms with E-state index in [0.717, 1.165) is 25.7 Å². The average Bonchev–Trinajstić information content (AvgIpc) is 2.67. The summed E-state index contributed by atoms with van der Waals surface area (Å²) < 4.78 is 10.2. The van der Waals surface area contributed by atoms with Crippen molar-refractivity contribution in [3.63, 3.8) is 0 Å². The topological polar surface area (TPSA) is 52.6 Å². The van der Waals surface area contributed by atoms with Crippen molar-refractivity contribution in [2.45, 2.75) is 38.5 Å². The van der Waals surface area contributed by atoms with Gasteiger partial charge in [-0.2, -0.15) is 0 Å². The van der Waals surface area contributed by atoms with E-state index < -0.39 is 0 Å². The van der Waals surface area contributed by atoms with E-state index in [1.54, 1.807) is 0 Å². The molecule has 26 heavy (non-hydrogen) atoms. The Morgan fingerprint density at radius 3 is 1.38 bits per heavy atom. The zero-order valence-electron chi connectivity index (χ0n) is 15.1. The van der Waals surface area contributed by atoms with E-state index in [-0.39, 0.29) is 25.2 Å². The third-order valence-corrected chi connectivity index (χ3v) is 3.99. The number of ether oxygens (including phenoxy) is 2. The van der Waals surface area contributed by atoms with E-state index in [4.69, 9.17) is 9.47 Å². The summed E-state index contributed by atoms with van der Waals surface area (Å²) >= 11 is 0. The Bertz CT molecular complexity index is 593. The molecular weight excluding hydrogens is 328 g/mol. The zero-order valence-corrected chi connectivity index (χ0v) is 15.1. The predicted octanol–water partition coefficient (Wildman–Crippen LogP) is 4.12. The molecule has 2 aromatic carbocycles. The van der Waals surface area contributed by atoms with Crippen LogP contribution in [0, 0.1) is 0 Å². The van der Waals surface area contributed by atoms with E-state index in [1.165, 1.54) is 11.1 Å². The lowest BCUT2D eigenvalue weighted by atomic mass is 10.1. The van der Waals surface area contributed by atoms with E-state index in [0.29, 0.717) is 12.8 Å². The van der Waals surface area contributed by atoms with Gasteiger partial charge in [0.1, 0.15) is 13.2 Å². The lowest BCUT2D eigenvalue weighted by molar-refractivity contribution is -0.152. The second-order valence-electron chi connectivity index (χ2n) is 6.12. The van der Waals surface area contributed by atoms with Gasteiger partial charge < -0.3 is 9.47 Å². The molecule has 0 unspecified atom stereocenters. The highest BCUT2D eigenvalue weighted by Crippen LogP contribution is 2.06. The van der Waals surface area contributed by atoms with E-state index in [1.807, 2.05) is 60.7 Å². The molecule has 0 N–H and O–H groups in total. The first kappa shape index (κ1) is 19.7. The van der Waals surface area contributed by atoms with Crippen LogP contribution in [0.3, 0.4) is 0 Å². The lowest BCUT2D eigenvalue weighted by Crippen LogP contribution is -2.14. The fourth-order valence-electron chi connectivity index (χ4n) is 2.62. The number of carbonyl (C=O) groups is 2. The number of esters is 2. The third kappa shape index (κ3) is 8.47. The maximum absolute atomic E-state index is 11.6. The van der Waals surface area contributed by atoms with E-state index in [9.17, 15) is 9.59 Å². The normalized spacial score (nSPS) is 10.3. The lowest BCUT2D eigenvalue weighted by Gasteiger charge is -2.07. The monoisotopic (exact) mass is 354 g/mol. The van der Waals surface area contributed by atoms with Crippen molar-refractivity contribution >= 4 is 11.9 Å². The Balaban J connectivity index is 1.46. The highest BCUT2D eigenvalue weighted by Gasteiger charge is 2.06. The average molecular weight is 354 g/mol.